The minimum atomic E-state index is -3.62. The number of rotatable bonds is 9. The van der Waals surface area contributed by atoms with E-state index in [2.05, 4.69) is 10.3 Å². The van der Waals surface area contributed by atoms with E-state index in [4.69, 9.17) is 0 Å². The highest BCUT2D eigenvalue weighted by Gasteiger charge is 2.26. The molecule has 1 amide bonds. The molecule has 0 fully saturated rings. The minimum Gasteiger partial charge on any atom is -0.322 e. The number of benzene rings is 2. The van der Waals surface area contributed by atoms with Gasteiger partial charge in [0.25, 0.3) is 5.91 Å². The molecule has 32 heavy (non-hydrogen) atoms. The number of carbonyl (C=O) groups excluding carboxylic acids is 1. The second kappa shape index (κ2) is 10.3. The number of amides is 1. The lowest BCUT2D eigenvalue weighted by atomic mass is 10.2. The van der Waals surface area contributed by atoms with Crippen LogP contribution in [0.25, 0.3) is 10.2 Å². The van der Waals surface area contributed by atoms with Crippen LogP contribution >= 0.6 is 23.1 Å². The highest BCUT2D eigenvalue weighted by atomic mass is 32.2. The van der Waals surface area contributed by atoms with Crippen molar-refractivity contribution >= 4 is 54.9 Å². The summed E-state index contributed by atoms with van der Waals surface area (Å²) in [5.74, 6) is 0.150. The molecule has 0 saturated heterocycles. The zero-order chi connectivity index (χ0) is 23.5. The quantitative estimate of drug-likeness (QED) is 0.396. The van der Waals surface area contributed by atoms with E-state index in [1.165, 1.54) is 16.4 Å². The normalized spacial score (nSPS) is 12.2. The average Bonchev–Trinajstić information content (AvgIpc) is 3.15. The minimum absolute atomic E-state index is 0.200. The summed E-state index contributed by atoms with van der Waals surface area (Å²) >= 11 is 3.17. The Labute approximate surface area is 198 Å². The summed E-state index contributed by atoms with van der Waals surface area (Å²) in [7, 11) is -3.62. The fraction of sp³-hybridized carbons (Fsp3) is 0.391. The number of hydrogen-bond acceptors (Lipinski definition) is 6. The number of thioether (sulfide) groups is 1. The zero-order valence-corrected chi connectivity index (χ0v) is 21.4. The molecule has 1 N–H and O–H groups in total. The Kier molecular flexibility index (Phi) is 7.97. The maximum atomic E-state index is 13.1. The molecular formula is C23H29N3O3S3. The lowest BCUT2D eigenvalue weighted by Crippen LogP contribution is -2.37. The molecule has 3 aromatic rings. The van der Waals surface area contributed by atoms with Crippen molar-refractivity contribution in [1.82, 2.24) is 9.29 Å². The molecule has 3 rings (SSSR count). The van der Waals surface area contributed by atoms with Crippen LogP contribution in [0, 0.1) is 11.8 Å². The van der Waals surface area contributed by atoms with Crippen molar-refractivity contribution in [2.75, 3.05) is 24.7 Å². The number of anilines is 1. The van der Waals surface area contributed by atoms with Gasteiger partial charge in [0.1, 0.15) is 0 Å². The number of sulfonamides is 1. The Morgan fingerprint density at radius 3 is 2.25 bits per heavy atom. The number of nitrogens with one attached hydrogen (secondary N) is 1. The molecular weight excluding hydrogens is 462 g/mol. The van der Waals surface area contributed by atoms with E-state index in [9.17, 15) is 13.2 Å². The number of thiazole rings is 1. The van der Waals surface area contributed by atoms with Gasteiger partial charge >= 0.3 is 0 Å². The van der Waals surface area contributed by atoms with E-state index < -0.39 is 10.0 Å². The lowest BCUT2D eigenvalue weighted by Gasteiger charge is -2.25. The maximum Gasteiger partial charge on any atom is 0.255 e. The van der Waals surface area contributed by atoms with E-state index in [1.54, 1.807) is 35.2 Å². The van der Waals surface area contributed by atoms with Crippen LogP contribution in [-0.2, 0) is 10.0 Å². The second-order valence-electron chi connectivity index (χ2n) is 8.45. The molecule has 2 aromatic carbocycles. The standard InChI is InChI=1S/C23H29N3O3S3/c1-15(2)13-26(14-16(3)4)32(28,29)19-9-6-17(7-10-19)22(27)24-18-8-11-20-21(12-18)31-23(25-20)30-5/h6-12,15-16H,13-14H2,1-5H3,(H,24,27). The molecule has 1 heterocycles. The third-order valence-electron chi connectivity index (χ3n) is 4.69. The molecule has 9 heteroatoms. The Morgan fingerprint density at radius 1 is 1.06 bits per heavy atom. The molecule has 0 saturated carbocycles. The smallest absolute Gasteiger partial charge is 0.255 e. The number of hydrogen-bond donors (Lipinski definition) is 1. The Morgan fingerprint density at radius 2 is 1.69 bits per heavy atom. The van der Waals surface area contributed by atoms with Gasteiger partial charge in [-0.15, -0.1) is 11.3 Å². The molecule has 6 nitrogen and oxygen atoms in total. The Bertz CT molecular complexity index is 1180. The predicted octanol–water partition coefficient (Wildman–Crippen LogP) is 5.57. The van der Waals surface area contributed by atoms with E-state index in [-0.39, 0.29) is 22.6 Å². The van der Waals surface area contributed by atoms with Gasteiger partial charge < -0.3 is 5.32 Å². The summed E-state index contributed by atoms with van der Waals surface area (Å²) in [6.45, 7) is 8.93. The van der Waals surface area contributed by atoms with Crippen molar-refractivity contribution in [2.24, 2.45) is 11.8 Å². The van der Waals surface area contributed by atoms with E-state index in [1.807, 2.05) is 52.1 Å². The van der Waals surface area contributed by atoms with E-state index in [0.29, 0.717) is 24.3 Å². The van der Waals surface area contributed by atoms with Gasteiger partial charge in [-0.3, -0.25) is 4.79 Å². The highest BCUT2D eigenvalue weighted by Crippen LogP contribution is 2.30. The van der Waals surface area contributed by atoms with E-state index >= 15 is 0 Å². The number of aromatic nitrogens is 1. The lowest BCUT2D eigenvalue weighted by molar-refractivity contribution is 0.102. The van der Waals surface area contributed by atoms with Crippen LogP contribution in [0.15, 0.2) is 51.7 Å². The predicted molar refractivity (Wildman–Crippen MR) is 134 cm³/mol. The van der Waals surface area contributed by atoms with Gasteiger partial charge in [-0.05, 0) is 60.6 Å². The summed E-state index contributed by atoms with van der Waals surface area (Å²) < 4.78 is 29.8. The molecule has 0 radical (unpaired) electrons. The SMILES string of the molecule is CSc1nc2ccc(NC(=O)c3ccc(S(=O)(=O)N(CC(C)C)CC(C)C)cc3)cc2s1. The van der Waals surface area contributed by atoms with Gasteiger partial charge in [-0.2, -0.15) is 4.31 Å². The van der Waals surface area contributed by atoms with Gasteiger partial charge in [0, 0.05) is 24.3 Å². The molecule has 0 atom stereocenters. The van der Waals surface area contributed by atoms with Crippen LogP contribution in [0.4, 0.5) is 5.69 Å². The van der Waals surface area contributed by atoms with Crippen molar-refractivity contribution in [1.29, 1.82) is 0 Å². The van der Waals surface area contributed by atoms with Crippen molar-refractivity contribution in [3.05, 3.63) is 48.0 Å². The fourth-order valence-corrected chi connectivity index (χ4v) is 6.58. The largest absolute Gasteiger partial charge is 0.322 e. The molecule has 0 aliphatic rings. The van der Waals surface area contributed by atoms with Gasteiger partial charge in [0.15, 0.2) is 4.34 Å². The molecule has 0 unspecified atom stereocenters. The third-order valence-corrected chi connectivity index (χ3v) is 8.54. The van der Waals surface area contributed by atoms with Crippen LogP contribution in [-0.4, -0.2) is 43.0 Å². The fourth-order valence-electron chi connectivity index (χ4n) is 3.28. The first kappa shape index (κ1) is 24.7. The van der Waals surface area contributed by atoms with Gasteiger partial charge in [0.2, 0.25) is 10.0 Å². The van der Waals surface area contributed by atoms with Crippen LogP contribution < -0.4 is 5.32 Å². The molecule has 0 aliphatic carbocycles. The van der Waals surface area contributed by atoms with Gasteiger partial charge in [-0.1, -0.05) is 39.5 Å². The number of nitrogens with zero attached hydrogens (tertiary/aromatic N) is 2. The van der Waals surface area contributed by atoms with E-state index in [0.717, 1.165) is 14.6 Å². The summed E-state index contributed by atoms with van der Waals surface area (Å²) in [6, 6.07) is 11.7. The van der Waals surface area contributed by atoms with Crippen LogP contribution in [0.1, 0.15) is 38.1 Å². The topological polar surface area (TPSA) is 79.4 Å². The van der Waals surface area contributed by atoms with Gasteiger partial charge in [-0.25, -0.2) is 13.4 Å². The first-order chi connectivity index (χ1) is 15.1. The summed E-state index contributed by atoms with van der Waals surface area (Å²) in [6.07, 6.45) is 1.98. The van der Waals surface area contributed by atoms with Crippen LogP contribution in [0.3, 0.4) is 0 Å². The van der Waals surface area contributed by atoms with Crippen LogP contribution in [0.2, 0.25) is 0 Å². The van der Waals surface area contributed by atoms with Crippen LogP contribution in [0.5, 0.6) is 0 Å². The first-order valence-electron chi connectivity index (χ1n) is 10.5. The molecule has 0 bridgehead atoms. The number of carbonyl (C=O) groups is 1. The summed E-state index contributed by atoms with van der Waals surface area (Å²) in [4.78, 5) is 17.4. The number of fused-ring (bicyclic) bond motifs is 1. The Hall–Kier alpha value is -1.94. The average molecular weight is 492 g/mol. The zero-order valence-electron chi connectivity index (χ0n) is 19.0. The maximum absolute atomic E-state index is 13.1. The highest BCUT2D eigenvalue weighted by molar-refractivity contribution is 8.00. The van der Waals surface area contributed by atoms with Crippen molar-refractivity contribution in [3.8, 4) is 0 Å². The first-order valence-corrected chi connectivity index (χ1v) is 13.9. The second-order valence-corrected chi connectivity index (χ2v) is 12.5. The third kappa shape index (κ3) is 5.89. The van der Waals surface area contributed by atoms with Crippen molar-refractivity contribution in [3.63, 3.8) is 0 Å². The van der Waals surface area contributed by atoms with Gasteiger partial charge in [0.05, 0.1) is 15.1 Å². The van der Waals surface area contributed by atoms with Crippen molar-refractivity contribution < 1.29 is 13.2 Å². The monoisotopic (exact) mass is 491 g/mol. The Balaban J connectivity index is 1.77. The molecule has 0 aliphatic heterocycles. The summed E-state index contributed by atoms with van der Waals surface area (Å²) in [5, 5.41) is 2.88. The molecule has 1 aromatic heterocycles. The molecule has 0 spiro atoms. The van der Waals surface area contributed by atoms with Crippen molar-refractivity contribution in [2.45, 2.75) is 36.9 Å². The molecule has 172 valence electrons. The summed E-state index contributed by atoms with van der Waals surface area (Å²) in [5.41, 5.74) is 1.98.